The predicted octanol–water partition coefficient (Wildman–Crippen LogP) is 5.47. The van der Waals surface area contributed by atoms with E-state index in [0.29, 0.717) is 18.6 Å². The maximum Gasteiger partial charge on any atom is 0.410 e. The van der Waals surface area contributed by atoms with Crippen LogP contribution in [-0.2, 0) is 24.0 Å². The van der Waals surface area contributed by atoms with E-state index >= 15 is 0 Å². The minimum atomic E-state index is -1.01. The highest BCUT2D eigenvalue weighted by atomic mass is 79.9. The number of nitrogens with one attached hydrogen (secondary N) is 2. The number of hydrogen-bond donors (Lipinski definition) is 2. The molecule has 2 fully saturated rings. The van der Waals surface area contributed by atoms with Gasteiger partial charge in [0.25, 0.3) is 5.91 Å². The minimum Gasteiger partial charge on any atom is -0.448 e. The zero-order chi connectivity index (χ0) is 33.4. The summed E-state index contributed by atoms with van der Waals surface area (Å²) in [4.78, 5) is 61.1. The average Bonchev–Trinajstić information content (AvgIpc) is 3.55. The molecule has 4 aliphatic rings. The zero-order valence-electron chi connectivity index (χ0n) is 26.6. The molecule has 2 heterocycles. The fourth-order valence-electron chi connectivity index (χ4n) is 7.06. The molecule has 1 spiro atoms. The third kappa shape index (κ3) is 6.35. The average molecular weight is 714 g/mol. The summed E-state index contributed by atoms with van der Waals surface area (Å²) in [7, 11) is 0. The fraction of sp³-hybridized carbons (Fsp3) is 0.378. The normalized spacial score (nSPS) is 21.6. The zero-order valence-corrected chi connectivity index (χ0v) is 28.2. The van der Waals surface area contributed by atoms with Gasteiger partial charge in [0.15, 0.2) is 5.60 Å². The van der Waals surface area contributed by atoms with E-state index < -0.39 is 41.4 Å². The lowest BCUT2D eigenvalue weighted by Gasteiger charge is -2.26. The van der Waals surface area contributed by atoms with Gasteiger partial charge in [-0.3, -0.25) is 19.3 Å². The molecule has 10 nitrogen and oxygen atoms in total. The molecule has 1 saturated heterocycles. The molecule has 248 valence electrons. The second kappa shape index (κ2) is 13.2. The topological polar surface area (TPSA) is 126 Å². The molecule has 0 aromatic heterocycles. The maximum atomic E-state index is 14.0. The number of Topliss-reactive ketones (excluding diaryl/α,β-unsaturated/α-hetero) is 1. The number of ketones is 1. The highest BCUT2D eigenvalue weighted by Crippen LogP contribution is 2.45. The van der Waals surface area contributed by atoms with E-state index in [1.807, 2.05) is 67.6 Å². The van der Waals surface area contributed by atoms with E-state index in [0.717, 1.165) is 45.1 Å². The number of oxime groups is 1. The van der Waals surface area contributed by atoms with Crippen molar-refractivity contribution in [2.75, 3.05) is 13.2 Å². The van der Waals surface area contributed by atoms with Gasteiger partial charge < -0.3 is 20.2 Å². The molecule has 3 aromatic rings. The molecule has 2 N–H and O–H groups in total. The first-order valence-electron chi connectivity index (χ1n) is 16.5. The summed E-state index contributed by atoms with van der Waals surface area (Å²) >= 11 is 3.51. The Morgan fingerprint density at radius 2 is 1.73 bits per heavy atom. The molecule has 11 heteroatoms. The van der Waals surface area contributed by atoms with Crippen molar-refractivity contribution in [2.24, 2.45) is 5.16 Å². The largest absolute Gasteiger partial charge is 0.448 e. The maximum absolute atomic E-state index is 14.0. The van der Waals surface area contributed by atoms with E-state index in [1.165, 1.54) is 4.90 Å². The summed E-state index contributed by atoms with van der Waals surface area (Å²) in [5.41, 5.74) is 5.00. The molecular weight excluding hydrogens is 676 g/mol. The number of benzene rings is 3. The van der Waals surface area contributed by atoms with E-state index in [4.69, 9.17) is 9.57 Å². The Morgan fingerprint density at radius 3 is 2.40 bits per heavy atom. The van der Waals surface area contributed by atoms with Gasteiger partial charge >= 0.3 is 6.09 Å². The van der Waals surface area contributed by atoms with Gasteiger partial charge in [-0.1, -0.05) is 95.1 Å². The van der Waals surface area contributed by atoms with Crippen molar-refractivity contribution >= 4 is 45.3 Å². The number of hydrogen-bond acceptors (Lipinski definition) is 7. The van der Waals surface area contributed by atoms with E-state index in [1.54, 1.807) is 0 Å². The monoisotopic (exact) mass is 712 g/mol. The number of ether oxygens (including phenoxy) is 1. The lowest BCUT2D eigenvalue weighted by Crippen LogP contribution is -2.53. The van der Waals surface area contributed by atoms with Gasteiger partial charge in [-0.2, -0.15) is 0 Å². The molecule has 2 aliphatic heterocycles. The third-order valence-corrected chi connectivity index (χ3v) is 10.1. The van der Waals surface area contributed by atoms with E-state index in [2.05, 4.69) is 43.9 Å². The van der Waals surface area contributed by atoms with Crippen LogP contribution in [0.5, 0.6) is 0 Å². The number of rotatable bonds is 10. The Morgan fingerprint density at radius 1 is 1.02 bits per heavy atom. The van der Waals surface area contributed by atoms with Crippen LogP contribution in [0.25, 0.3) is 11.1 Å². The Hall–Kier alpha value is -4.51. The van der Waals surface area contributed by atoms with Crippen molar-refractivity contribution in [3.8, 4) is 11.1 Å². The van der Waals surface area contributed by atoms with Crippen molar-refractivity contribution in [1.29, 1.82) is 0 Å². The van der Waals surface area contributed by atoms with Crippen molar-refractivity contribution in [3.05, 3.63) is 94.0 Å². The van der Waals surface area contributed by atoms with Crippen LogP contribution < -0.4 is 10.6 Å². The van der Waals surface area contributed by atoms with Crippen molar-refractivity contribution in [3.63, 3.8) is 0 Å². The SMILES string of the molecule is CCC[C@H](NC(=O)[C@@H]1C[C@]2(CC(c3cccc(Br)c3)=NO2)CN1C(=O)OCC1c2ccccc2-c2ccccc21)C(=O)C(=O)NC1CC1. The van der Waals surface area contributed by atoms with Crippen molar-refractivity contribution in [1.82, 2.24) is 15.5 Å². The smallest absolute Gasteiger partial charge is 0.410 e. The van der Waals surface area contributed by atoms with Crippen molar-refractivity contribution in [2.45, 2.75) is 75.1 Å². The summed E-state index contributed by atoms with van der Waals surface area (Å²) in [6.07, 6.45) is 2.41. The standard InChI is InChI=1S/C37H37BrN4O6/c1-2-8-30(33(43)35(45)39-24-15-16-24)40-34(44)32-19-37(18-31(41-48-37)22-9-7-10-23(38)17-22)21-42(32)36(46)47-20-29-27-13-5-3-11-25(27)26-12-4-6-14-28(26)29/h3-7,9-14,17,24,29-30,32H,2,8,15-16,18-21H2,1H3,(H,39,45)(H,40,44)/t30-,32-,37+/m0/s1. The first kappa shape index (κ1) is 32.1. The molecule has 7 rings (SSSR count). The first-order chi connectivity index (χ1) is 23.2. The van der Waals surface area contributed by atoms with Crippen LogP contribution in [0.2, 0.25) is 0 Å². The number of halogens is 1. The fourth-order valence-corrected chi connectivity index (χ4v) is 7.46. The quantitative estimate of drug-likeness (QED) is 0.269. The molecule has 3 amide bonds. The van der Waals surface area contributed by atoms with E-state index in [9.17, 15) is 19.2 Å². The van der Waals surface area contributed by atoms with Gasteiger partial charge in [-0.05, 0) is 53.6 Å². The highest BCUT2D eigenvalue weighted by Gasteiger charge is 2.55. The Bertz CT molecular complexity index is 1760. The van der Waals surface area contributed by atoms with Gasteiger partial charge in [0.2, 0.25) is 11.7 Å². The van der Waals surface area contributed by atoms with Crippen molar-refractivity contribution < 1.29 is 28.8 Å². The number of carbonyl (C=O) groups is 4. The highest BCUT2D eigenvalue weighted by molar-refractivity contribution is 9.10. The molecule has 0 unspecified atom stereocenters. The Labute approximate surface area is 287 Å². The van der Waals surface area contributed by atoms with Crippen LogP contribution in [0, 0.1) is 0 Å². The molecule has 2 aliphatic carbocycles. The van der Waals surface area contributed by atoms with Crippen LogP contribution in [0.3, 0.4) is 0 Å². The summed E-state index contributed by atoms with van der Waals surface area (Å²) in [6, 6.07) is 21.9. The second-order valence-electron chi connectivity index (χ2n) is 13.1. The molecular formula is C37H37BrN4O6. The molecule has 0 bridgehead atoms. The van der Waals surface area contributed by atoms with Crippen LogP contribution in [0.15, 0.2) is 82.4 Å². The molecule has 1 saturated carbocycles. The van der Waals surface area contributed by atoms with Crippen LogP contribution in [0.4, 0.5) is 4.79 Å². The number of carbonyl (C=O) groups excluding carboxylic acids is 4. The first-order valence-corrected chi connectivity index (χ1v) is 17.3. The number of amides is 3. The van der Waals surface area contributed by atoms with Crippen LogP contribution in [-0.4, -0.2) is 71.2 Å². The van der Waals surface area contributed by atoms with Crippen LogP contribution in [0.1, 0.15) is 68.1 Å². The van der Waals surface area contributed by atoms with Gasteiger partial charge in [0.1, 0.15) is 12.6 Å². The molecule has 3 atom stereocenters. The summed E-state index contributed by atoms with van der Waals surface area (Å²) in [6.45, 7) is 2.03. The number of likely N-dealkylation sites (tertiary alicyclic amines) is 1. The Balaban J connectivity index is 1.11. The molecule has 48 heavy (non-hydrogen) atoms. The molecule has 3 aromatic carbocycles. The predicted molar refractivity (Wildman–Crippen MR) is 182 cm³/mol. The number of fused-ring (bicyclic) bond motifs is 3. The lowest BCUT2D eigenvalue weighted by atomic mass is 9.91. The third-order valence-electron chi connectivity index (χ3n) is 9.62. The van der Waals surface area contributed by atoms with Gasteiger partial charge in [0.05, 0.1) is 18.3 Å². The second-order valence-corrected chi connectivity index (χ2v) is 14.0. The minimum absolute atomic E-state index is 0.0112. The van der Waals surface area contributed by atoms with E-state index in [-0.39, 0.29) is 38.0 Å². The van der Waals surface area contributed by atoms with Gasteiger partial charge in [-0.15, -0.1) is 0 Å². The lowest BCUT2D eigenvalue weighted by molar-refractivity contribution is -0.140. The summed E-state index contributed by atoms with van der Waals surface area (Å²) in [5, 5.41) is 9.90. The Kier molecular flexibility index (Phi) is 8.80. The molecule has 0 radical (unpaired) electrons. The summed E-state index contributed by atoms with van der Waals surface area (Å²) < 4.78 is 6.89. The number of nitrogens with zero attached hydrogens (tertiary/aromatic N) is 2. The van der Waals surface area contributed by atoms with Gasteiger partial charge in [-0.25, -0.2) is 4.79 Å². The summed E-state index contributed by atoms with van der Waals surface area (Å²) in [5.74, 6) is -2.07. The van der Waals surface area contributed by atoms with Gasteiger partial charge in [0, 0.05) is 34.8 Å². The van der Waals surface area contributed by atoms with Crippen LogP contribution >= 0.6 is 15.9 Å².